The van der Waals surface area contributed by atoms with Gasteiger partial charge in [-0.25, -0.2) is 0 Å². The number of hydrogen-bond acceptors (Lipinski definition) is 4. The maximum Gasteiger partial charge on any atom is 0.197 e. The Morgan fingerprint density at radius 1 is 0.815 bits per heavy atom. The molecule has 1 heterocycles. The minimum Gasteiger partial charge on any atom is -0.398 e. The molecular formula is C21H11IN2O3. The number of nitrogen functional groups attached to an aromatic ring is 1. The number of fused-ring (bicyclic) bond motifs is 5. The van der Waals surface area contributed by atoms with Crippen molar-refractivity contribution in [3.63, 3.8) is 0 Å². The van der Waals surface area contributed by atoms with Gasteiger partial charge in [0.15, 0.2) is 17.0 Å². The molecule has 4 aromatic rings. The fourth-order valence-electron chi connectivity index (χ4n) is 3.73. The molecule has 130 valence electrons. The van der Waals surface area contributed by atoms with Crippen molar-refractivity contribution in [2.75, 3.05) is 5.73 Å². The summed E-state index contributed by atoms with van der Waals surface area (Å²) in [5.74, 6) is -0.610. The van der Waals surface area contributed by atoms with Crippen LogP contribution >= 0.6 is 22.6 Å². The minimum atomic E-state index is -0.307. The number of aromatic amines is 1. The first kappa shape index (κ1) is 16.2. The van der Waals surface area contributed by atoms with E-state index in [0.717, 1.165) is 3.57 Å². The zero-order valence-corrected chi connectivity index (χ0v) is 16.0. The van der Waals surface area contributed by atoms with E-state index in [1.165, 1.54) is 6.07 Å². The standard InChI is InChI=1S/C21H11IN2O3/c22-9-5-6-15-12(7-9)19(25)13-8-14(23)16-17(18(13)24-15)21(27)11-4-2-1-3-10(11)20(16)26/h1-8H,23H2,(H,24,25). The van der Waals surface area contributed by atoms with Crippen molar-refractivity contribution in [2.45, 2.75) is 0 Å². The third-order valence-electron chi connectivity index (χ3n) is 4.96. The third-order valence-corrected chi connectivity index (χ3v) is 5.63. The van der Waals surface area contributed by atoms with Gasteiger partial charge in [-0.15, -0.1) is 0 Å². The van der Waals surface area contributed by atoms with Crippen LogP contribution in [0.15, 0.2) is 53.3 Å². The molecule has 0 bridgehead atoms. The number of pyridine rings is 1. The maximum atomic E-state index is 13.2. The van der Waals surface area contributed by atoms with Crippen molar-refractivity contribution in [2.24, 2.45) is 0 Å². The summed E-state index contributed by atoms with van der Waals surface area (Å²) in [4.78, 5) is 42.4. The van der Waals surface area contributed by atoms with Gasteiger partial charge in [-0.3, -0.25) is 14.4 Å². The van der Waals surface area contributed by atoms with E-state index in [-0.39, 0.29) is 33.8 Å². The summed E-state index contributed by atoms with van der Waals surface area (Å²) in [7, 11) is 0. The van der Waals surface area contributed by atoms with Gasteiger partial charge in [-0.1, -0.05) is 24.3 Å². The molecule has 6 heteroatoms. The van der Waals surface area contributed by atoms with E-state index in [1.807, 2.05) is 6.07 Å². The number of nitrogens with two attached hydrogens (primary N) is 1. The highest BCUT2D eigenvalue weighted by atomic mass is 127. The molecule has 1 aromatic heterocycles. The average molecular weight is 466 g/mol. The van der Waals surface area contributed by atoms with Crippen LogP contribution < -0.4 is 11.2 Å². The molecule has 27 heavy (non-hydrogen) atoms. The van der Waals surface area contributed by atoms with Crippen LogP contribution in [0, 0.1) is 3.57 Å². The molecule has 1 aliphatic rings. The Bertz CT molecular complexity index is 1400. The van der Waals surface area contributed by atoms with Crippen LogP contribution in [0.25, 0.3) is 21.8 Å². The summed E-state index contributed by atoms with van der Waals surface area (Å²) >= 11 is 2.14. The van der Waals surface area contributed by atoms with Crippen molar-refractivity contribution < 1.29 is 9.59 Å². The lowest BCUT2D eigenvalue weighted by atomic mass is 9.82. The second-order valence-corrected chi connectivity index (χ2v) is 7.73. The lowest BCUT2D eigenvalue weighted by Gasteiger charge is -2.20. The minimum absolute atomic E-state index is 0.140. The van der Waals surface area contributed by atoms with Crippen LogP contribution in [-0.2, 0) is 0 Å². The second kappa shape index (κ2) is 5.50. The first-order valence-corrected chi connectivity index (χ1v) is 9.31. The van der Waals surface area contributed by atoms with Crippen LogP contribution in [0.4, 0.5) is 5.69 Å². The van der Waals surface area contributed by atoms with E-state index in [4.69, 9.17) is 5.73 Å². The number of nitrogens with one attached hydrogen (secondary N) is 1. The molecule has 3 N–H and O–H groups in total. The number of hydrogen-bond donors (Lipinski definition) is 2. The van der Waals surface area contributed by atoms with E-state index < -0.39 is 0 Å². The second-order valence-electron chi connectivity index (χ2n) is 6.49. The predicted octanol–water partition coefficient (Wildman–Crippen LogP) is 3.64. The average Bonchev–Trinajstić information content (AvgIpc) is 2.67. The van der Waals surface area contributed by atoms with Crippen molar-refractivity contribution in [3.05, 3.63) is 84.6 Å². The molecule has 0 saturated heterocycles. The van der Waals surface area contributed by atoms with E-state index in [2.05, 4.69) is 27.6 Å². The smallest absolute Gasteiger partial charge is 0.197 e. The van der Waals surface area contributed by atoms with E-state index in [0.29, 0.717) is 32.9 Å². The Kier molecular flexibility index (Phi) is 3.30. The Morgan fingerprint density at radius 3 is 2.19 bits per heavy atom. The Hall–Kier alpha value is -3.00. The molecule has 5 rings (SSSR count). The van der Waals surface area contributed by atoms with Gasteiger partial charge in [0.2, 0.25) is 0 Å². The van der Waals surface area contributed by atoms with Gasteiger partial charge in [0.1, 0.15) is 0 Å². The predicted molar refractivity (Wildman–Crippen MR) is 113 cm³/mol. The largest absolute Gasteiger partial charge is 0.398 e. The molecule has 0 unspecified atom stereocenters. The summed E-state index contributed by atoms with van der Waals surface area (Å²) in [5, 5.41) is 0.824. The molecular weight excluding hydrogens is 455 g/mol. The number of aromatic nitrogens is 1. The number of halogens is 1. The quantitative estimate of drug-likeness (QED) is 0.207. The van der Waals surface area contributed by atoms with Crippen LogP contribution in [-0.4, -0.2) is 16.6 Å². The monoisotopic (exact) mass is 466 g/mol. The highest BCUT2D eigenvalue weighted by molar-refractivity contribution is 14.1. The van der Waals surface area contributed by atoms with E-state index in [9.17, 15) is 14.4 Å². The normalized spacial score (nSPS) is 13.1. The molecule has 5 nitrogen and oxygen atoms in total. The van der Waals surface area contributed by atoms with Crippen LogP contribution in [0.1, 0.15) is 31.8 Å². The number of rotatable bonds is 0. The SMILES string of the molecule is Nc1cc2c(=O)c3cc(I)ccc3[nH]c2c2c1C(=O)c1ccccc1C2=O. The van der Waals surface area contributed by atoms with Gasteiger partial charge in [0.05, 0.1) is 16.6 Å². The number of ketones is 2. The Labute approximate surface area is 166 Å². The highest BCUT2D eigenvalue weighted by Gasteiger charge is 2.33. The Balaban J connectivity index is 1.99. The number of anilines is 1. The van der Waals surface area contributed by atoms with E-state index >= 15 is 0 Å². The Morgan fingerprint density at radius 2 is 1.48 bits per heavy atom. The van der Waals surface area contributed by atoms with Gasteiger partial charge in [0.25, 0.3) is 0 Å². The maximum absolute atomic E-state index is 13.2. The molecule has 0 aliphatic heterocycles. The molecule has 0 atom stereocenters. The fraction of sp³-hybridized carbons (Fsp3) is 0. The van der Waals surface area contributed by atoms with Crippen molar-refractivity contribution >= 4 is 61.7 Å². The number of carbonyl (C=O) groups excluding carboxylic acids is 2. The van der Waals surface area contributed by atoms with Gasteiger partial charge in [0, 0.05) is 36.7 Å². The lowest BCUT2D eigenvalue weighted by Crippen LogP contribution is -2.24. The lowest BCUT2D eigenvalue weighted by molar-refractivity contribution is 0.0981. The van der Waals surface area contributed by atoms with Crippen LogP contribution in [0.2, 0.25) is 0 Å². The number of H-pyrrole nitrogens is 1. The summed E-state index contributed by atoms with van der Waals surface area (Å²) in [6.07, 6.45) is 0. The topological polar surface area (TPSA) is 93.0 Å². The van der Waals surface area contributed by atoms with Crippen molar-refractivity contribution in [1.82, 2.24) is 4.98 Å². The van der Waals surface area contributed by atoms with Gasteiger partial charge in [-0.05, 0) is 46.9 Å². The fourth-order valence-corrected chi connectivity index (χ4v) is 4.22. The van der Waals surface area contributed by atoms with Crippen molar-refractivity contribution in [3.8, 4) is 0 Å². The van der Waals surface area contributed by atoms with Crippen LogP contribution in [0.3, 0.4) is 0 Å². The molecule has 1 aliphatic carbocycles. The molecule has 0 amide bonds. The molecule has 0 spiro atoms. The molecule has 3 aromatic carbocycles. The van der Waals surface area contributed by atoms with Gasteiger partial charge < -0.3 is 10.7 Å². The molecule has 0 radical (unpaired) electrons. The summed E-state index contributed by atoms with van der Waals surface area (Å²) < 4.78 is 0.927. The third kappa shape index (κ3) is 2.13. The highest BCUT2D eigenvalue weighted by Crippen LogP contribution is 2.35. The summed E-state index contributed by atoms with van der Waals surface area (Å²) in [5.41, 5.74) is 8.01. The zero-order chi connectivity index (χ0) is 18.9. The first-order valence-electron chi connectivity index (χ1n) is 8.23. The van der Waals surface area contributed by atoms with Crippen LogP contribution in [0.5, 0.6) is 0 Å². The summed E-state index contributed by atoms with van der Waals surface area (Å²) in [6.45, 7) is 0. The van der Waals surface area contributed by atoms with E-state index in [1.54, 1.807) is 36.4 Å². The number of carbonyl (C=O) groups is 2. The zero-order valence-electron chi connectivity index (χ0n) is 13.8. The van der Waals surface area contributed by atoms with Gasteiger partial charge >= 0.3 is 0 Å². The molecule has 0 saturated carbocycles. The van der Waals surface area contributed by atoms with Gasteiger partial charge in [-0.2, -0.15) is 0 Å². The van der Waals surface area contributed by atoms with Crippen molar-refractivity contribution in [1.29, 1.82) is 0 Å². The first-order chi connectivity index (χ1) is 13.0. The number of benzene rings is 3. The summed E-state index contributed by atoms with van der Waals surface area (Å²) in [6, 6.07) is 13.6. The molecule has 0 fully saturated rings.